The molecule has 1 atom stereocenters. The molecule has 1 fully saturated rings. The molecular weight excluding hydrogens is 310 g/mol. The molecule has 0 aliphatic carbocycles. The normalized spacial score (nSPS) is 17.3. The van der Waals surface area contributed by atoms with Crippen molar-refractivity contribution in [2.45, 2.75) is 26.4 Å². The first-order valence-electron chi connectivity index (χ1n) is 8.18. The van der Waals surface area contributed by atoms with Crippen molar-refractivity contribution >= 4 is 16.8 Å². The first kappa shape index (κ1) is 16.4. The molecule has 1 aliphatic heterocycles. The maximum Gasteiger partial charge on any atom is 0.331 e. The van der Waals surface area contributed by atoms with Gasteiger partial charge in [-0.2, -0.15) is 0 Å². The summed E-state index contributed by atoms with van der Waals surface area (Å²) in [6.45, 7) is 3.83. The Labute approximate surface area is 138 Å². The highest BCUT2D eigenvalue weighted by molar-refractivity contribution is 5.81. The van der Waals surface area contributed by atoms with Gasteiger partial charge in [-0.1, -0.05) is 12.1 Å². The lowest BCUT2D eigenvalue weighted by Gasteiger charge is -2.14. The van der Waals surface area contributed by atoms with Crippen LogP contribution in [0.5, 0.6) is 0 Å². The van der Waals surface area contributed by atoms with Crippen LogP contribution in [0.3, 0.4) is 0 Å². The predicted octanol–water partition coefficient (Wildman–Crippen LogP) is 0.336. The lowest BCUT2D eigenvalue weighted by molar-refractivity contribution is -0.121. The fourth-order valence-electron chi connectivity index (χ4n) is 3.00. The van der Waals surface area contributed by atoms with Crippen molar-refractivity contribution in [2.24, 2.45) is 5.92 Å². The van der Waals surface area contributed by atoms with Crippen molar-refractivity contribution < 1.29 is 9.53 Å². The van der Waals surface area contributed by atoms with Crippen LogP contribution >= 0.6 is 0 Å². The summed E-state index contributed by atoms with van der Waals surface area (Å²) in [5.41, 5.74) is -0.296. The minimum absolute atomic E-state index is 0.104. The Morgan fingerprint density at radius 1 is 1.29 bits per heavy atom. The number of carbonyl (C=O) groups excluding carboxylic acids is 1. The Bertz CT molecular complexity index is 862. The molecule has 1 aromatic heterocycles. The molecule has 2 heterocycles. The average molecular weight is 331 g/mol. The van der Waals surface area contributed by atoms with Gasteiger partial charge in [0.25, 0.3) is 5.56 Å². The van der Waals surface area contributed by atoms with Crippen LogP contribution in [0.2, 0.25) is 0 Å². The molecule has 0 radical (unpaired) electrons. The minimum atomic E-state index is -0.458. The molecule has 24 heavy (non-hydrogen) atoms. The molecular formula is C17H21N3O4. The molecule has 3 rings (SSSR count). The number of carbonyl (C=O) groups is 1. The molecule has 0 spiro atoms. The molecule has 1 aromatic carbocycles. The maximum absolute atomic E-state index is 12.6. The molecule has 7 nitrogen and oxygen atoms in total. The predicted molar refractivity (Wildman–Crippen MR) is 90.1 cm³/mol. The summed E-state index contributed by atoms with van der Waals surface area (Å²) in [6, 6.07) is 6.87. The van der Waals surface area contributed by atoms with Crippen molar-refractivity contribution in [1.29, 1.82) is 0 Å². The van der Waals surface area contributed by atoms with Crippen LogP contribution in [0.25, 0.3) is 10.9 Å². The second-order valence-corrected chi connectivity index (χ2v) is 5.97. The molecule has 1 aliphatic rings. The largest absolute Gasteiger partial charge is 0.381 e. The highest BCUT2D eigenvalue weighted by atomic mass is 16.5. The van der Waals surface area contributed by atoms with E-state index in [9.17, 15) is 14.4 Å². The summed E-state index contributed by atoms with van der Waals surface area (Å²) in [5.74, 6) is 0.0856. The topological polar surface area (TPSA) is 82.3 Å². The Morgan fingerprint density at radius 2 is 2.08 bits per heavy atom. The van der Waals surface area contributed by atoms with Gasteiger partial charge in [-0.25, -0.2) is 4.79 Å². The zero-order chi connectivity index (χ0) is 17.1. The maximum atomic E-state index is 12.6. The summed E-state index contributed by atoms with van der Waals surface area (Å²) in [7, 11) is 0. The fourth-order valence-corrected chi connectivity index (χ4v) is 3.00. The molecule has 1 N–H and O–H groups in total. The monoisotopic (exact) mass is 331 g/mol. The highest BCUT2D eigenvalue weighted by Gasteiger charge is 2.18. The number of nitrogens with zero attached hydrogens (tertiary/aromatic N) is 2. The number of para-hydroxylation sites is 1. The SMILES string of the molecule is CCn1c(=O)c2ccccc2n(CC(=O)NCC2CCOC2)c1=O. The van der Waals surface area contributed by atoms with Gasteiger partial charge in [-0.05, 0) is 25.5 Å². The third-order valence-electron chi connectivity index (χ3n) is 4.36. The minimum Gasteiger partial charge on any atom is -0.381 e. The average Bonchev–Trinajstić information content (AvgIpc) is 3.11. The molecule has 0 bridgehead atoms. The van der Waals surface area contributed by atoms with Gasteiger partial charge in [0, 0.05) is 25.6 Å². The van der Waals surface area contributed by atoms with Crippen LogP contribution in [0.1, 0.15) is 13.3 Å². The Morgan fingerprint density at radius 3 is 2.79 bits per heavy atom. The van der Waals surface area contributed by atoms with Crippen molar-refractivity contribution in [3.63, 3.8) is 0 Å². The lowest BCUT2D eigenvalue weighted by atomic mass is 10.1. The molecule has 7 heteroatoms. The number of fused-ring (bicyclic) bond motifs is 1. The zero-order valence-electron chi connectivity index (χ0n) is 13.7. The van der Waals surface area contributed by atoms with E-state index in [0.717, 1.165) is 17.6 Å². The Balaban J connectivity index is 1.89. The number of hydrogen-bond donors (Lipinski definition) is 1. The Hall–Kier alpha value is -2.41. The number of ether oxygens (including phenoxy) is 1. The van der Waals surface area contributed by atoms with Crippen LogP contribution in [-0.2, 0) is 22.6 Å². The summed E-state index contributed by atoms with van der Waals surface area (Å²) in [4.78, 5) is 37.2. The van der Waals surface area contributed by atoms with E-state index < -0.39 is 5.69 Å². The molecule has 1 amide bonds. The summed E-state index contributed by atoms with van der Waals surface area (Å²) < 4.78 is 7.80. The van der Waals surface area contributed by atoms with E-state index in [-0.39, 0.29) is 24.6 Å². The van der Waals surface area contributed by atoms with Crippen LogP contribution in [0, 0.1) is 5.92 Å². The van der Waals surface area contributed by atoms with Crippen LogP contribution in [0.4, 0.5) is 0 Å². The van der Waals surface area contributed by atoms with Crippen LogP contribution < -0.4 is 16.6 Å². The number of hydrogen-bond acceptors (Lipinski definition) is 4. The quantitative estimate of drug-likeness (QED) is 0.856. The van der Waals surface area contributed by atoms with E-state index in [0.29, 0.717) is 30.0 Å². The van der Waals surface area contributed by atoms with Crippen molar-refractivity contribution in [2.75, 3.05) is 19.8 Å². The van der Waals surface area contributed by atoms with E-state index in [2.05, 4.69) is 5.32 Å². The van der Waals surface area contributed by atoms with Gasteiger partial charge in [-0.15, -0.1) is 0 Å². The molecule has 1 unspecified atom stereocenters. The third kappa shape index (κ3) is 3.12. The van der Waals surface area contributed by atoms with Gasteiger partial charge >= 0.3 is 5.69 Å². The number of amides is 1. The highest BCUT2D eigenvalue weighted by Crippen LogP contribution is 2.11. The smallest absolute Gasteiger partial charge is 0.331 e. The summed E-state index contributed by atoms with van der Waals surface area (Å²) in [5, 5.41) is 3.29. The Kier molecular flexibility index (Phi) is 4.80. The van der Waals surface area contributed by atoms with E-state index in [4.69, 9.17) is 4.74 Å². The van der Waals surface area contributed by atoms with Gasteiger partial charge < -0.3 is 10.1 Å². The van der Waals surface area contributed by atoms with E-state index >= 15 is 0 Å². The fraction of sp³-hybridized carbons (Fsp3) is 0.471. The molecule has 1 saturated heterocycles. The standard InChI is InChI=1S/C17H21N3O4/c1-2-19-16(22)13-5-3-4-6-14(13)20(17(19)23)10-15(21)18-9-12-7-8-24-11-12/h3-6,12H,2,7-11H2,1H3,(H,18,21). The zero-order valence-corrected chi connectivity index (χ0v) is 13.7. The molecule has 0 saturated carbocycles. The lowest BCUT2D eigenvalue weighted by Crippen LogP contribution is -2.42. The number of benzene rings is 1. The summed E-state index contributed by atoms with van der Waals surface area (Å²) in [6.07, 6.45) is 0.934. The number of nitrogens with one attached hydrogen (secondary N) is 1. The first-order valence-corrected chi connectivity index (χ1v) is 8.18. The van der Waals surface area contributed by atoms with Crippen LogP contribution in [-0.4, -0.2) is 34.8 Å². The van der Waals surface area contributed by atoms with Crippen LogP contribution in [0.15, 0.2) is 33.9 Å². The first-order chi connectivity index (χ1) is 11.6. The van der Waals surface area contributed by atoms with Gasteiger partial charge in [0.2, 0.25) is 5.91 Å². The second-order valence-electron chi connectivity index (χ2n) is 5.97. The van der Waals surface area contributed by atoms with Crippen molar-refractivity contribution in [3.05, 3.63) is 45.1 Å². The number of rotatable bonds is 5. The van der Waals surface area contributed by atoms with E-state index in [1.54, 1.807) is 31.2 Å². The van der Waals surface area contributed by atoms with Gasteiger partial charge in [0.15, 0.2) is 0 Å². The molecule has 128 valence electrons. The van der Waals surface area contributed by atoms with Crippen molar-refractivity contribution in [1.82, 2.24) is 14.5 Å². The van der Waals surface area contributed by atoms with Crippen molar-refractivity contribution in [3.8, 4) is 0 Å². The van der Waals surface area contributed by atoms with Gasteiger partial charge in [0.1, 0.15) is 6.54 Å². The summed E-state index contributed by atoms with van der Waals surface area (Å²) >= 11 is 0. The van der Waals surface area contributed by atoms with Gasteiger partial charge in [0.05, 0.1) is 17.5 Å². The number of aromatic nitrogens is 2. The van der Waals surface area contributed by atoms with E-state index in [1.807, 2.05) is 0 Å². The van der Waals surface area contributed by atoms with E-state index in [1.165, 1.54) is 4.57 Å². The van der Waals surface area contributed by atoms with Gasteiger partial charge in [-0.3, -0.25) is 18.7 Å². The third-order valence-corrected chi connectivity index (χ3v) is 4.36. The second kappa shape index (κ2) is 7.00. The molecule has 2 aromatic rings.